The van der Waals surface area contributed by atoms with Crippen LogP contribution in [0, 0.1) is 0 Å². The molecule has 1 N–H and O–H groups in total. The third-order valence-electron chi connectivity index (χ3n) is 4.87. The van der Waals surface area contributed by atoms with Gasteiger partial charge in [0.05, 0.1) is 4.88 Å². The second-order valence-electron chi connectivity index (χ2n) is 6.38. The van der Waals surface area contributed by atoms with E-state index in [1.54, 1.807) is 17.5 Å². The number of hydrogen-bond donors (Lipinski definition) is 1. The highest BCUT2D eigenvalue weighted by atomic mass is 32.1. The minimum atomic E-state index is 0.00961. The Hall–Kier alpha value is -1.66. The van der Waals surface area contributed by atoms with E-state index in [4.69, 9.17) is 0 Å². The van der Waals surface area contributed by atoms with Gasteiger partial charge in [-0.3, -0.25) is 4.79 Å². The van der Waals surface area contributed by atoms with Crippen molar-refractivity contribution >= 4 is 17.2 Å². The van der Waals surface area contributed by atoms with Gasteiger partial charge in [-0.05, 0) is 37.3 Å². The molecule has 1 atom stereocenters. The monoisotopic (exact) mass is 330 g/mol. The van der Waals surface area contributed by atoms with E-state index in [0.717, 1.165) is 43.2 Å². The summed E-state index contributed by atoms with van der Waals surface area (Å²) in [4.78, 5) is 21.9. The first kappa shape index (κ1) is 14.9. The van der Waals surface area contributed by atoms with Crippen LogP contribution in [0.1, 0.15) is 44.8 Å². The number of piperazine rings is 1. The molecule has 2 aromatic heterocycles. The highest BCUT2D eigenvalue weighted by molar-refractivity contribution is 7.14. The van der Waals surface area contributed by atoms with E-state index in [1.165, 1.54) is 23.3 Å². The Bertz CT molecular complexity index is 697. The van der Waals surface area contributed by atoms with Gasteiger partial charge in [0, 0.05) is 44.0 Å². The first-order valence-electron chi connectivity index (χ1n) is 8.34. The molecule has 0 radical (unpaired) electrons. The van der Waals surface area contributed by atoms with E-state index in [9.17, 15) is 4.79 Å². The van der Waals surface area contributed by atoms with Gasteiger partial charge in [-0.2, -0.15) is 0 Å². The number of nitrogens with one attached hydrogen (secondary N) is 1. The maximum absolute atomic E-state index is 13.1. The van der Waals surface area contributed by atoms with E-state index in [1.807, 2.05) is 22.7 Å². The standard InChI is InChI=1S/C17H22N4OS/c1-20-8-7-19-16(20)13-11-18-6-9-21(13)17(22)15-10-12-4-2-3-5-14(12)23-15/h7-8,10,13,18H,2-6,9,11H2,1H3. The van der Waals surface area contributed by atoms with Gasteiger partial charge in [-0.25, -0.2) is 4.98 Å². The second kappa shape index (κ2) is 6.09. The Labute approximate surface area is 140 Å². The number of fused-ring (bicyclic) bond motifs is 1. The van der Waals surface area contributed by atoms with Gasteiger partial charge in [0.2, 0.25) is 0 Å². The molecule has 1 saturated heterocycles. The maximum atomic E-state index is 13.1. The average molecular weight is 330 g/mol. The predicted molar refractivity (Wildman–Crippen MR) is 90.8 cm³/mol. The Morgan fingerprint density at radius 3 is 3.04 bits per heavy atom. The van der Waals surface area contributed by atoms with Crippen molar-refractivity contribution in [3.63, 3.8) is 0 Å². The van der Waals surface area contributed by atoms with E-state index in [0.29, 0.717) is 0 Å². The fourth-order valence-electron chi connectivity index (χ4n) is 3.61. The van der Waals surface area contributed by atoms with Crippen LogP contribution in [-0.2, 0) is 19.9 Å². The summed E-state index contributed by atoms with van der Waals surface area (Å²) in [5, 5.41) is 3.39. The molecule has 0 aromatic carbocycles. The van der Waals surface area contributed by atoms with Crippen LogP contribution < -0.4 is 5.32 Å². The Balaban J connectivity index is 1.63. The largest absolute Gasteiger partial charge is 0.336 e. The van der Waals surface area contributed by atoms with Crippen LogP contribution in [0.3, 0.4) is 0 Å². The fourth-order valence-corrected chi connectivity index (χ4v) is 4.82. The third-order valence-corrected chi connectivity index (χ3v) is 6.09. The summed E-state index contributed by atoms with van der Waals surface area (Å²) < 4.78 is 2.01. The molecule has 0 spiro atoms. The van der Waals surface area contributed by atoms with Crippen LogP contribution >= 0.6 is 11.3 Å². The molecule has 0 bridgehead atoms. The third kappa shape index (κ3) is 2.70. The number of aryl methyl sites for hydroxylation is 3. The summed E-state index contributed by atoms with van der Waals surface area (Å²) in [6, 6.07) is 2.15. The number of amides is 1. The lowest BCUT2D eigenvalue weighted by molar-refractivity contribution is 0.0626. The summed E-state index contributed by atoms with van der Waals surface area (Å²) in [5.41, 5.74) is 1.40. The number of carbonyl (C=O) groups is 1. The van der Waals surface area contributed by atoms with Crippen molar-refractivity contribution in [1.82, 2.24) is 19.8 Å². The van der Waals surface area contributed by atoms with Crippen molar-refractivity contribution in [2.75, 3.05) is 19.6 Å². The van der Waals surface area contributed by atoms with Crippen LogP contribution in [0.5, 0.6) is 0 Å². The predicted octanol–water partition coefficient (Wildman–Crippen LogP) is 2.15. The molecule has 0 saturated carbocycles. The van der Waals surface area contributed by atoms with Gasteiger partial charge in [0.15, 0.2) is 0 Å². The SMILES string of the molecule is Cn1ccnc1C1CNCCN1C(=O)c1cc2c(s1)CCCC2. The highest BCUT2D eigenvalue weighted by Crippen LogP contribution is 2.32. The number of rotatable bonds is 2. The first-order chi connectivity index (χ1) is 11.2. The van der Waals surface area contributed by atoms with Gasteiger partial charge in [0.1, 0.15) is 11.9 Å². The van der Waals surface area contributed by atoms with Crippen molar-refractivity contribution in [2.45, 2.75) is 31.7 Å². The van der Waals surface area contributed by atoms with Crippen LogP contribution in [0.2, 0.25) is 0 Å². The summed E-state index contributed by atoms with van der Waals surface area (Å²) in [6.45, 7) is 2.35. The highest BCUT2D eigenvalue weighted by Gasteiger charge is 2.32. The second-order valence-corrected chi connectivity index (χ2v) is 7.52. The van der Waals surface area contributed by atoms with Crippen molar-refractivity contribution in [2.24, 2.45) is 7.05 Å². The number of hydrogen-bond acceptors (Lipinski definition) is 4. The zero-order chi connectivity index (χ0) is 15.8. The van der Waals surface area contributed by atoms with E-state index < -0.39 is 0 Å². The minimum absolute atomic E-state index is 0.00961. The molecular weight excluding hydrogens is 308 g/mol. The Kier molecular flexibility index (Phi) is 3.95. The molecule has 1 fully saturated rings. The first-order valence-corrected chi connectivity index (χ1v) is 9.16. The van der Waals surface area contributed by atoms with Crippen LogP contribution in [-0.4, -0.2) is 40.0 Å². The van der Waals surface area contributed by atoms with Crippen molar-refractivity contribution in [1.29, 1.82) is 0 Å². The van der Waals surface area contributed by atoms with Gasteiger partial charge < -0.3 is 14.8 Å². The van der Waals surface area contributed by atoms with E-state index >= 15 is 0 Å². The number of nitrogens with zero attached hydrogens (tertiary/aromatic N) is 3. The Morgan fingerprint density at radius 1 is 1.39 bits per heavy atom. The summed E-state index contributed by atoms with van der Waals surface area (Å²) in [7, 11) is 1.99. The minimum Gasteiger partial charge on any atom is -0.336 e. The summed E-state index contributed by atoms with van der Waals surface area (Å²) in [6.07, 6.45) is 8.51. The number of aromatic nitrogens is 2. The normalized spacial score (nSPS) is 21.3. The van der Waals surface area contributed by atoms with Crippen molar-refractivity contribution < 1.29 is 4.79 Å². The number of thiophene rings is 1. The van der Waals surface area contributed by atoms with Gasteiger partial charge in [-0.1, -0.05) is 0 Å². The van der Waals surface area contributed by atoms with Gasteiger partial charge in [-0.15, -0.1) is 11.3 Å². The summed E-state index contributed by atoms with van der Waals surface area (Å²) in [5.74, 6) is 1.12. The van der Waals surface area contributed by atoms with E-state index in [-0.39, 0.29) is 11.9 Å². The van der Waals surface area contributed by atoms with Crippen LogP contribution in [0.4, 0.5) is 0 Å². The molecule has 1 aliphatic carbocycles. The van der Waals surface area contributed by atoms with Crippen LogP contribution in [0.15, 0.2) is 18.5 Å². The molecule has 1 aliphatic heterocycles. The maximum Gasteiger partial charge on any atom is 0.264 e. The summed E-state index contributed by atoms with van der Waals surface area (Å²) >= 11 is 1.70. The average Bonchev–Trinajstić information content (AvgIpc) is 3.20. The zero-order valence-electron chi connectivity index (χ0n) is 13.4. The molecule has 122 valence electrons. The topological polar surface area (TPSA) is 50.2 Å². The lowest BCUT2D eigenvalue weighted by atomic mass is 9.99. The molecule has 23 heavy (non-hydrogen) atoms. The quantitative estimate of drug-likeness (QED) is 0.918. The smallest absolute Gasteiger partial charge is 0.264 e. The Morgan fingerprint density at radius 2 is 2.26 bits per heavy atom. The van der Waals surface area contributed by atoms with E-state index in [2.05, 4.69) is 16.4 Å². The molecule has 1 unspecified atom stereocenters. The lowest BCUT2D eigenvalue weighted by Crippen LogP contribution is -2.49. The number of imidazole rings is 1. The van der Waals surface area contributed by atoms with Crippen LogP contribution in [0.25, 0.3) is 0 Å². The molecule has 2 aliphatic rings. The molecule has 3 heterocycles. The van der Waals surface area contributed by atoms with Gasteiger partial charge in [0.25, 0.3) is 5.91 Å². The zero-order valence-corrected chi connectivity index (χ0v) is 14.2. The molecule has 5 nitrogen and oxygen atoms in total. The molecule has 6 heteroatoms. The fraction of sp³-hybridized carbons (Fsp3) is 0.529. The lowest BCUT2D eigenvalue weighted by Gasteiger charge is -2.35. The van der Waals surface area contributed by atoms with Gasteiger partial charge >= 0.3 is 0 Å². The molecule has 1 amide bonds. The molecule has 4 rings (SSSR count). The van der Waals surface area contributed by atoms with Crippen molar-refractivity contribution in [3.05, 3.63) is 39.6 Å². The number of carbonyl (C=O) groups excluding carboxylic acids is 1. The molecular formula is C17H22N4OS. The molecule has 2 aromatic rings. The van der Waals surface area contributed by atoms with Crippen molar-refractivity contribution in [3.8, 4) is 0 Å².